The van der Waals surface area contributed by atoms with Crippen molar-refractivity contribution in [2.45, 2.75) is 12.2 Å². The molecule has 1 rings (SSSR count). The van der Waals surface area contributed by atoms with Crippen LogP contribution < -0.4 is 11.5 Å². The molecule has 0 saturated carbocycles. The fourth-order valence-corrected chi connectivity index (χ4v) is 1.09. The van der Waals surface area contributed by atoms with Crippen LogP contribution in [0.25, 0.3) is 0 Å². The first-order valence-corrected chi connectivity index (χ1v) is 4.28. The summed E-state index contributed by atoms with van der Waals surface area (Å²) in [4.78, 5) is 7.27. The molecule has 2 unspecified atom stereocenters. The molecule has 1 heterocycles. The molecule has 2 atom stereocenters. The summed E-state index contributed by atoms with van der Waals surface area (Å²) in [6, 6.07) is 0. The van der Waals surface area contributed by atoms with E-state index >= 15 is 0 Å². The lowest BCUT2D eigenvalue weighted by Crippen LogP contribution is -2.28. The Balaban J connectivity index is 2.95. The van der Waals surface area contributed by atoms with Crippen molar-refractivity contribution in [1.82, 2.24) is 9.97 Å². The van der Waals surface area contributed by atoms with Gasteiger partial charge in [0.25, 0.3) is 0 Å². The molecule has 0 bridgehead atoms. The molecular weight excluding hydrogens is 208 g/mol. The van der Waals surface area contributed by atoms with Gasteiger partial charge in [-0.3, -0.25) is 0 Å². The molecule has 0 amide bonds. The van der Waals surface area contributed by atoms with Crippen LogP contribution in [0.15, 0.2) is 6.20 Å². The third kappa shape index (κ3) is 2.30. The Labute approximate surface area is 85.5 Å². The Morgan fingerprint density at radius 1 is 1.50 bits per heavy atom. The van der Waals surface area contributed by atoms with Gasteiger partial charge in [0.1, 0.15) is 11.9 Å². The molecule has 0 aliphatic carbocycles. The van der Waals surface area contributed by atoms with E-state index in [9.17, 15) is 10.2 Å². The summed E-state index contributed by atoms with van der Waals surface area (Å²) in [5.41, 5.74) is 10.9. The van der Waals surface area contributed by atoms with Gasteiger partial charge < -0.3 is 21.7 Å². The highest BCUT2D eigenvalue weighted by Crippen LogP contribution is 2.21. The van der Waals surface area contributed by atoms with Crippen molar-refractivity contribution >= 4 is 17.4 Å². The zero-order valence-corrected chi connectivity index (χ0v) is 8.02. The van der Waals surface area contributed by atoms with Crippen LogP contribution >= 0.6 is 11.6 Å². The second-order valence-corrected chi connectivity index (χ2v) is 3.07. The summed E-state index contributed by atoms with van der Waals surface area (Å²) >= 11 is 5.46. The molecule has 0 fully saturated rings. The van der Waals surface area contributed by atoms with E-state index in [-0.39, 0.29) is 23.2 Å². The van der Waals surface area contributed by atoms with E-state index in [1.165, 1.54) is 6.20 Å². The summed E-state index contributed by atoms with van der Waals surface area (Å²) in [6.45, 7) is -0.0801. The second kappa shape index (κ2) is 4.52. The van der Waals surface area contributed by atoms with E-state index in [0.29, 0.717) is 0 Å². The van der Waals surface area contributed by atoms with Gasteiger partial charge in [-0.25, -0.2) is 9.97 Å². The molecule has 1 aromatic heterocycles. The average Bonchev–Trinajstić information content (AvgIpc) is 2.15. The van der Waals surface area contributed by atoms with Gasteiger partial charge in [0, 0.05) is 18.3 Å². The minimum Gasteiger partial charge on any atom is -0.389 e. The largest absolute Gasteiger partial charge is 0.389 e. The van der Waals surface area contributed by atoms with Crippen LogP contribution in [0.1, 0.15) is 11.7 Å². The molecule has 1 aromatic rings. The van der Waals surface area contributed by atoms with E-state index in [4.69, 9.17) is 23.1 Å². The number of rotatable bonds is 3. The Morgan fingerprint density at radius 2 is 2.14 bits per heavy atom. The number of aliphatic hydroxyl groups is 2. The molecule has 0 spiro atoms. The van der Waals surface area contributed by atoms with Gasteiger partial charge in [-0.15, -0.1) is 0 Å². The SMILES string of the molecule is NCC(O)C(O)c1cnc(Cl)nc1N. The van der Waals surface area contributed by atoms with Gasteiger partial charge in [-0.05, 0) is 11.6 Å². The van der Waals surface area contributed by atoms with Crippen molar-refractivity contribution in [3.63, 3.8) is 0 Å². The maximum Gasteiger partial charge on any atom is 0.224 e. The predicted molar refractivity (Wildman–Crippen MR) is 51.5 cm³/mol. The van der Waals surface area contributed by atoms with E-state index in [1.807, 2.05) is 0 Å². The number of aliphatic hydroxyl groups excluding tert-OH is 2. The smallest absolute Gasteiger partial charge is 0.224 e. The lowest BCUT2D eigenvalue weighted by atomic mass is 10.1. The minimum absolute atomic E-state index is 0.0133. The third-order valence-electron chi connectivity index (χ3n) is 1.74. The van der Waals surface area contributed by atoms with Gasteiger partial charge >= 0.3 is 0 Å². The van der Waals surface area contributed by atoms with Crippen molar-refractivity contribution in [1.29, 1.82) is 0 Å². The number of aromatic nitrogens is 2. The maximum atomic E-state index is 9.53. The summed E-state index contributed by atoms with van der Waals surface area (Å²) < 4.78 is 0. The molecule has 0 radical (unpaired) electrons. The van der Waals surface area contributed by atoms with Crippen molar-refractivity contribution in [3.05, 3.63) is 17.0 Å². The third-order valence-corrected chi connectivity index (χ3v) is 1.93. The Kier molecular flexibility index (Phi) is 3.59. The summed E-state index contributed by atoms with van der Waals surface area (Å²) in [5, 5.41) is 18.8. The van der Waals surface area contributed by atoms with E-state index in [1.54, 1.807) is 0 Å². The molecule has 0 aliphatic heterocycles. The molecule has 6 N–H and O–H groups in total. The van der Waals surface area contributed by atoms with Crippen LogP contribution in [-0.2, 0) is 0 Å². The van der Waals surface area contributed by atoms with E-state index < -0.39 is 12.2 Å². The number of halogens is 1. The first-order valence-electron chi connectivity index (χ1n) is 3.90. The van der Waals surface area contributed by atoms with Crippen LogP contribution in [0, 0.1) is 0 Å². The maximum absolute atomic E-state index is 9.53. The average molecular weight is 219 g/mol. The quantitative estimate of drug-likeness (QED) is 0.487. The van der Waals surface area contributed by atoms with Gasteiger partial charge in [-0.2, -0.15) is 0 Å². The van der Waals surface area contributed by atoms with Crippen molar-refractivity contribution < 1.29 is 10.2 Å². The standard InChI is InChI=1S/C7H11ClN4O2/c8-7-11-2-3(6(10)12-7)5(14)4(13)1-9/h2,4-5,13-14H,1,9H2,(H2,10,11,12). The second-order valence-electron chi connectivity index (χ2n) is 2.73. The fourth-order valence-electron chi connectivity index (χ4n) is 0.946. The fraction of sp³-hybridized carbons (Fsp3) is 0.429. The first-order chi connectivity index (χ1) is 6.56. The Morgan fingerprint density at radius 3 is 2.64 bits per heavy atom. The number of hydrogen-bond acceptors (Lipinski definition) is 6. The highest BCUT2D eigenvalue weighted by atomic mass is 35.5. The van der Waals surface area contributed by atoms with Gasteiger partial charge in [0.2, 0.25) is 5.28 Å². The predicted octanol–water partition coefficient (Wildman–Crippen LogP) is -0.935. The molecule has 78 valence electrons. The van der Waals surface area contributed by atoms with Crippen LogP contribution in [0.5, 0.6) is 0 Å². The highest BCUT2D eigenvalue weighted by Gasteiger charge is 2.20. The van der Waals surface area contributed by atoms with E-state index in [2.05, 4.69) is 9.97 Å². The number of hydrogen-bond donors (Lipinski definition) is 4. The lowest BCUT2D eigenvalue weighted by molar-refractivity contribution is 0.0244. The van der Waals surface area contributed by atoms with Crippen LogP contribution in [0.2, 0.25) is 5.28 Å². The lowest BCUT2D eigenvalue weighted by Gasteiger charge is -2.16. The molecule has 14 heavy (non-hydrogen) atoms. The molecule has 7 heteroatoms. The normalized spacial score (nSPS) is 15.1. The molecule has 0 aromatic carbocycles. The monoisotopic (exact) mass is 218 g/mol. The van der Waals surface area contributed by atoms with Gasteiger partial charge in [0.05, 0.1) is 6.10 Å². The van der Waals surface area contributed by atoms with Gasteiger partial charge in [0.15, 0.2) is 0 Å². The van der Waals surface area contributed by atoms with Crippen LogP contribution in [0.3, 0.4) is 0 Å². The van der Waals surface area contributed by atoms with Crippen LogP contribution in [0.4, 0.5) is 5.82 Å². The Hall–Kier alpha value is -0.950. The zero-order chi connectivity index (χ0) is 10.7. The van der Waals surface area contributed by atoms with Crippen LogP contribution in [-0.4, -0.2) is 32.8 Å². The van der Waals surface area contributed by atoms with Crippen molar-refractivity contribution in [3.8, 4) is 0 Å². The molecule has 0 aliphatic rings. The minimum atomic E-state index is -1.20. The van der Waals surface area contributed by atoms with Crippen molar-refractivity contribution in [2.24, 2.45) is 5.73 Å². The number of nitrogen functional groups attached to an aromatic ring is 1. The molecule has 6 nitrogen and oxygen atoms in total. The summed E-state index contributed by atoms with van der Waals surface area (Å²) in [7, 11) is 0. The number of anilines is 1. The Bertz CT molecular complexity index is 323. The number of nitrogens with zero attached hydrogens (tertiary/aromatic N) is 2. The van der Waals surface area contributed by atoms with Gasteiger partial charge in [-0.1, -0.05) is 0 Å². The first kappa shape index (κ1) is 11.1. The summed E-state index contributed by atoms with van der Waals surface area (Å²) in [5.74, 6) is 0.0324. The van der Waals surface area contributed by atoms with Crippen molar-refractivity contribution in [2.75, 3.05) is 12.3 Å². The number of nitrogens with two attached hydrogens (primary N) is 2. The highest BCUT2D eigenvalue weighted by molar-refractivity contribution is 6.28. The van der Waals surface area contributed by atoms with E-state index in [0.717, 1.165) is 0 Å². The topological polar surface area (TPSA) is 118 Å². The summed E-state index contributed by atoms with van der Waals surface area (Å²) in [6.07, 6.45) is -1.03. The molecule has 0 saturated heterocycles. The zero-order valence-electron chi connectivity index (χ0n) is 7.26. The molecular formula is C7H11ClN4O2.